The summed E-state index contributed by atoms with van der Waals surface area (Å²) >= 11 is 0. The zero-order chi connectivity index (χ0) is 12.4. The number of phenolic OH excluding ortho intramolecular Hbond substituents is 1. The Labute approximate surface area is 98.1 Å². The van der Waals surface area contributed by atoms with Crippen LogP contribution in [0, 0.1) is 0 Å². The van der Waals surface area contributed by atoms with Gasteiger partial charge >= 0.3 is 5.97 Å². The lowest BCUT2D eigenvalue weighted by Crippen LogP contribution is -2.00. The van der Waals surface area contributed by atoms with E-state index in [1.165, 1.54) is 12.1 Å². The summed E-state index contributed by atoms with van der Waals surface area (Å²) in [5.74, 6) is -0.521. The number of aromatic carboxylic acids is 1. The third kappa shape index (κ3) is 1.89. The van der Waals surface area contributed by atoms with Crippen molar-refractivity contribution < 1.29 is 19.7 Å². The molecule has 2 aromatic carbocycles. The van der Waals surface area contributed by atoms with Crippen LogP contribution in [0.4, 0.5) is 0 Å². The lowest BCUT2D eigenvalue weighted by atomic mass is 10.0. The van der Waals surface area contributed by atoms with E-state index in [1.54, 1.807) is 18.2 Å². The molecule has 0 spiro atoms. The largest absolute Gasteiger partial charge is 0.507 e. The molecule has 0 bridgehead atoms. The zero-order valence-electron chi connectivity index (χ0n) is 9.30. The molecular formula is C13H12O4. The number of aromatic hydroxyl groups is 1. The van der Waals surface area contributed by atoms with Crippen LogP contribution < -0.4 is 4.74 Å². The van der Waals surface area contributed by atoms with Crippen molar-refractivity contribution in [2.45, 2.75) is 6.92 Å². The quantitative estimate of drug-likeness (QED) is 0.853. The van der Waals surface area contributed by atoms with Crippen LogP contribution in [-0.4, -0.2) is 22.8 Å². The number of hydrogen-bond acceptors (Lipinski definition) is 3. The molecule has 2 N–H and O–H groups in total. The summed E-state index contributed by atoms with van der Waals surface area (Å²) in [6, 6.07) is 7.83. The standard InChI is InChI=1S/C13H12O4/c1-2-17-11-7-6-10(14)8-4-3-5-9(12(8)11)13(15)16/h3-7,14H,2H2,1H3,(H,15,16). The second-order valence-corrected chi connectivity index (χ2v) is 3.55. The molecule has 0 unspecified atom stereocenters. The molecule has 0 aliphatic rings. The second-order valence-electron chi connectivity index (χ2n) is 3.55. The number of carbonyl (C=O) groups is 1. The predicted molar refractivity (Wildman–Crippen MR) is 63.7 cm³/mol. The zero-order valence-corrected chi connectivity index (χ0v) is 9.30. The maximum atomic E-state index is 11.1. The normalized spacial score (nSPS) is 10.4. The first-order chi connectivity index (χ1) is 8.15. The maximum Gasteiger partial charge on any atom is 0.336 e. The smallest absolute Gasteiger partial charge is 0.336 e. The first kappa shape index (κ1) is 11.3. The monoisotopic (exact) mass is 232 g/mol. The molecule has 0 atom stereocenters. The summed E-state index contributed by atoms with van der Waals surface area (Å²) in [5, 5.41) is 19.8. The van der Waals surface area contributed by atoms with Crippen LogP contribution in [0.2, 0.25) is 0 Å². The molecule has 2 aromatic rings. The molecule has 0 aliphatic heterocycles. The van der Waals surface area contributed by atoms with Gasteiger partial charge in [-0.1, -0.05) is 12.1 Å². The highest BCUT2D eigenvalue weighted by atomic mass is 16.5. The number of carboxylic acids is 1. The van der Waals surface area contributed by atoms with Crippen LogP contribution in [-0.2, 0) is 0 Å². The van der Waals surface area contributed by atoms with E-state index in [0.717, 1.165) is 0 Å². The van der Waals surface area contributed by atoms with Crippen molar-refractivity contribution in [1.82, 2.24) is 0 Å². The molecule has 0 saturated carbocycles. The van der Waals surface area contributed by atoms with E-state index in [0.29, 0.717) is 23.1 Å². The van der Waals surface area contributed by atoms with E-state index >= 15 is 0 Å². The fourth-order valence-electron chi connectivity index (χ4n) is 1.81. The average Bonchev–Trinajstić information content (AvgIpc) is 2.32. The van der Waals surface area contributed by atoms with Crippen LogP contribution in [0.15, 0.2) is 30.3 Å². The Balaban J connectivity index is 2.83. The number of ether oxygens (including phenoxy) is 1. The number of fused-ring (bicyclic) bond motifs is 1. The molecule has 2 rings (SSSR count). The molecule has 0 aliphatic carbocycles. The number of phenols is 1. The van der Waals surface area contributed by atoms with Crippen LogP contribution in [0.5, 0.6) is 11.5 Å². The Morgan fingerprint density at radius 3 is 2.71 bits per heavy atom. The summed E-state index contributed by atoms with van der Waals surface area (Å²) < 4.78 is 5.39. The number of hydrogen-bond donors (Lipinski definition) is 2. The molecule has 0 fully saturated rings. The van der Waals surface area contributed by atoms with Crippen molar-refractivity contribution >= 4 is 16.7 Å². The Kier molecular flexibility index (Phi) is 2.87. The second kappa shape index (κ2) is 4.33. The minimum Gasteiger partial charge on any atom is -0.507 e. The minimum absolute atomic E-state index is 0.0477. The van der Waals surface area contributed by atoms with Crippen molar-refractivity contribution in [1.29, 1.82) is 0 Å². The van der Waals surface area contributed by atoms with Crippen molar-refractivity contribution in [3.8, 4) is 11.5 Å². The molecule has 0 aromatic heterocycles. The highest BCUT2D eigenvalue weighted by molar-refractivity contribution is 6.08. The van der Waals surface area contributed by atoms with Gasteiger partial charge in [-0.15, -0.1) is 0 Å². The summed E-state index contributed by atoms with van der Waals surface area (Å²) in [7, 11) is 0. The van der Waals surface area contributed by atoms with Crippen molar-refractivity contribution in [2.75, 3.05) is 6.61 Å². The van der Waals surface area contributed by atoms with E-state index in [4.69, 9.17) is 9.84 Å². The van der Waals surface area contributed by atoms with E-state index in [9.17, 15) is 9.90 Å². The molecule has 4 heteroatoms. The molecule has 0 radical (unpaired) electrons. The van der Waals surface area contributed by atoms with Gasteiger partial charge in [-0.3, -0.25) is 0 Å². The molecule has 88 valence electrons. The number of carboxylic acid groups (broad SMARTS) is 1. The lowest BCUT2D eigenvalue weighted by molar-refractivity contribution is 0.0699. The SMILES string of the molecule is CCOc1ccc(O)c2cccc(C(=O)O)c12. The van der Waals surface area contributed by atoms with E-state index in [2.05, 4.69) is 0 Å². The van der Waals surface area contributed by atoms with E-state index in [-0.39, 0.29) is 11.3 Å². The molecule has 17 heavy (non-hydrogen) atoms. The highest BCUT2D eigenvalue weighted by Gasteiger charge is 2.14. The molecule has 0 amide bonds. The van der Waals surface area contributed by atoms with Gasteiger partial charge in [0.1, 0.15) is 11.5 Å². The fourth-order valence-corrected chi connectivity index (χ4v) is 1.81. The Morgan fingerprint density at radius 2 is 2.06 bits per heavy atom. The summed E-state index contributed by atoms with van der Waals surface area (Å²) in [5.41, 5.74) is 0.127. The predicted octanol–water partition coefficient (Wildman–Crippen LogP) is 2.64. The third-order valence-corrected chi connectivity index (χ3v) is 2.51. The summed E-state index contributed by atoms with van der Waals surface area (Å²) in [4.78, 5) is 11.1. The van der Waals surface area contributed by atoms with Crippen molar-refractivity contribution in [2.24, 2.45) is 0 Å². The topological polar surface area (TPSA) is 66.8 Å². The molecule has 4 nitrogen and oxygen atoms in total. The number of rotatable bonds is 3. The van der Waals surface area contributed by atoms with Gasteiger partial charge in [-0.25, -0.2) is 4.79 Å². The number of benzene rings is 2. The van der Waals surface area contributed by atoms with Gasteiger partial charge in [0.2, 0.25) is 0 Å². The Morgan fingerprint density at radius 1 is 1.29 bits per heavy atom. The van der Waals surface area contributed by atoms with E-state index < -0.39 is 5.97 Å². The minimum atomic E-state index is -1.04. The Hall–Kier alpha value is -2.23. The van der Waals surface area contributed by atoms with Crippen LogP contribution >= 0.6 is 0 Å². The van der Waals surface area contributed by atoms with E-state index in [1.807, 2.05) is 6.92 Å². The first-order valence-electron chi connectivity index (χ1n) is 5.26. The molecular weight excluding hydrogens is 220 g/mol. The van der Waals surface area contributed by atoms with Gasteiger partial charge in [0.25, 0.3) is 0 Å². The Bertz CT molecular complexity index is 575. The van der Waals surface area contributed by atoms with Crippen molar-refractivity contribution in [3.05, 3.63) is 35.9 Å². The van der Waals surface area contributed by atoms with Gasteiger partial charge in [-0.05, 0) is 25.1 Å². The van der Waals surface area contributed by atoms with Crippen molar-refractivity contribution in [3.63, 3.8) is 0 Å². The third-order valence-electron chi connectivity index (χ3n) is 2.51. The van der Waals surface area contributed by atoms with Crippen LogP contribution in [0.25, 0.3) is 10.8 Å². The van der Waals surface area contributed by atoms with Crippen LogP contribution in [0.3, 0.4) is 0 Å². The van der Waals surface area contributed by atoms with Gasteiger partial charge in [-0.2, -0.15) is 0 Å². The van der Waals surface area contributed by atoms with Gasteiger partial charge in [0, 0.05) is 10.8 Å². The van der Waals surface area contributed by atoms with Crippen LogP contribution in [0.1, 0.15) is 17.3 Å². The maximum absolute atomic E-state index is 11.1. The van der Waals surface area contributed by atoms with Gasteiger partial charge in [0.05, 0.1) is 12.2 Å². The van der Waals surface area contributed by atoms with Gasteiger partial charge < -0.3 is 14.9 Å². The molecule has 0 saturated heterocycles. The summed E-state index contributed by atoms with van der Waals surface area (Å²) in [6.45, 7) is 2.26. The average molecular weight is 232 g/mol. The van der Waals surface area contributed by atoms with Gasteiger partial charge in [0.15, 0.2) is 0 Å². The highest BCUT2D eigenvalue weighted by Crippen LogP contribution is 2.34. The lowest BCUT2D eigenvalue weighted by Gasteiger charge is -2.10. The fraction of sp³-hybridized carbons (Fsp3) is 0.154. The molecule has 0 heterocycles. The summed E-state index contributed by atoms with van der Waals surface area (Å²) in [6.07, 6.45) is 0. The first-order valence-corrected chi connectivity index (χ1v) is 5.26.